The topological polar surface area (TPSA) is 57.7 Å². The van der Waals surface area contributed by atoms with Crippen LogP contribution in [0.2, 0.25) is 0 Å². The van der Waals surface area contributed by atoms with E-state index in [1.807, 2.05) is 29.2 Å². The standard InChI is InChI=1S/C22H25FN2O3S2/c1-16-10-15-25(19-7-3-4-8-20(19)29-16)22(26)17-11-13-24(14-12-17)30(27,28)21-9-5-2-6-18(21)23/h2-9,16-17H,10-15H2,1H3/t16-/m0/s1. The van der Waals surface area contributed by atoms with Crippen molar-refractivity contribution in [1.29, 1.82) is 0 Å². The molecule has 1 saturated heterocycles. The summed E-state index contributed by atoms with van der Waals surface area (Å²) in [4.78, 5) is 16.0. The molecule has 2 aliphatic rings. The molecule has 160 valence electrons. The minimum absolute atomic E-state index is 0.0556. The Kier molecular flexibility index (Phi) is 6.18. The van der Waals surface area contributed by atoms with Gasteiger partial charge in [-0.3, -0.25) is 4.79 Å². The first-order valence-corrected chi connectivity index (χ1v) is 12.5. The van der Waals surface area contributed by atoms with E-state index in [-0.39, 0.29) is 29.8 Å². The van der Waals surface area contributed by atoms with Gasteiger partial charge in [-0.1, -0.05) is 31.2 Å². The number of hydrogen-bond donors (Lipinski definition) is 0. The molecule has 2 heterocycles. The number of nitrogens with zero attached hydrogens (tertiary/aromatic N) is 2. The number of piperidine rings is 1. The fourth-order valence-electron chi connectivity index (χ4n) is 4.07. The number of thioether (sulfide) groups is 1. The Bertz CT molecular complexity index is 1040. The van der Waals surface area contributed by atoms with Crippen LogP contribution < -0.4 is 4.90 Å². The van der Waals surface area contributed by atoms with E-state index in [4.69, 9.17) is 0 Å². The van der Waals surface area contributed by atoms with Crippen molar-refractivity contribution in [2.75, 3.05) is 24.5 Å². The number of benzene rings is 2. The lowest BCUT2D eigenvalue weighted by atomic mass is 9.96. The molecule has 2 aromatic carbocycles. The van der Waals surface area contributed by atoms with Gasteiger partial charge >= 0.3 is 0 Å². The van der Waals surface area contributed by atoms with Crippen LogP contribution in [-0.2, 0) is 14.8 Å². The Labute approximate surface area is 181 Å². The Hall–Kier alpha value is -1.90. The van der Waals surface area contributed by atoms with Gasteiger partial charge in [0, 0.05) is 35.7 Å². The van der Waals surface area contributed by atoms with E-state index in [2.05, 4.69) is 6.92 Å². The third-order valence-corrected chi connectivity index (χ3v) is 8.94. The first kappa shape index (κ1) is 21.3. The normalized spacial score (nSPS) is 21.1. The quantitative estimate of drug-likeness (QED) is 0.708. The molecule has 0 unspecified atom stereocenters. The van der Waals surface area contributed by atoms with Crippen molar-refractivity contribution < 1.29 is 17.6 Å². The summed E-state index contributed by atoms with van der Waals surface area (Å²) in [7, 11) is -3.90. The molecule has 0 radical (unpaired) electrons. The summed E-state index contributed by atoms with van der Waals surface area (Å²) < 4.78 is 41.0. The highest BCUT2D eigenvalue weighted by Gasteiger charge is 2.36. The Morgan fingerprint density at radius 1 is 1.00 bits per heavy atom. The second kappa shape index (κ2) is 8.69. The molecule has 0 N–H and O–H groups in total. The maximum Gasteiger partial charge on any atom is 0.245 e. The average Bonchev–Trinajstić information content (AvgIpc) is 2.91. The van der Waals surface area contributed by atoms with Crippen molar-refractivity contribution in [2.24, 2.45) is 5.92 Å². The molecule has 2 aliphatic heterocycles. The lowest BCUT2D eigenvalue weighted by molar-refractivity contribution is -0.123. The van der Waals surface area contributed by atoms with Gasteiger partial charge in [0.05, 0.1) is 5.69 Å². The minimum atomic E-state index is -3.90. The summed E-state index contributed by atoms with van der Waals surface area (Å²) in [5, 5.41) is 0.428. The largest absolute Gasteiger partial charge is 0.311 e. The molecule has 1 amide bonds. The van der Waals surface area contributed by atoms with Gasteiger partial charge in [0.2, 0.25) is 15.9 Å². The van der Waals surface area contributed by atoms with E-state index in [9.17, 15) is 17.6 Å². The molecule has 30 heavy (non-hydrogen) atoms. The van der Waals surface area contributed by atoms with E-state index in [1.165, 1.54) is 22.5 Å². The zero-order chi connectivity index (χ0) is 21.3. The highest BCUT2D eigenvalue weighted by atomic mass is 32.2. The number of fused-ring (bicyclic) bond motifs is 1. The monoisotopic (exact) mass is 448 g/mol. The maximum absolute atomic E-state index is 14.0. The molecular weight excluding hydrogens is 423 g/mol. The molecule has 4 rings (SSSR count). The molecule has 0 saturated carbocycles. The van der Waals surface area contributed by atoms with Crippen molar-refractivity contribution >= 4 is 33.4 Å². The van der Waals surface area contributed by atoms with Crippen LogP contribution in [0.3, 0.4) is 0 Å². The van der Waals surface area contributed by atoms with E-state index in [0.29, 0.717) is 24.6 Å². The summed E-state index contributed by atoms with van der Waals surface area (Å²) in [5.74, 6) is -0.924. The average molecular weight is 449 g/mol. The number of hydrogen-bond acceptors (Lipinski definition) is 4. The van der Waals surface area contributed by atoms with Crippen molar-refractivity contribution in [1.82, 2.24) is 4.31 Å². The predicted octanol–water partition coefficient (Wildman–Crippen LogP) is 4.14. The van der Waals surface area contributed by atoms with Gasteiger partial charge in [0.15, 0.2) is 0 Å². The highest BCUT2D eigenvalue weighted by molar-refractivity contribution is 8.00. The molecule has 0 spiro atoms. The fraction of sp³-hybridized carbons (Fsp3) is 0.409. The first-order chi connectivity index (χ1) is 14.4. The number of anilines is 1. The summed E-state index contributed by atoms with van der Waals surface area (Å²) in [6.07, 6.45) is 1.79. The van der Waals surface area contributed by atoms with E-state index >= 15 is 0 Å². The smallest absolute Gasteiger partial charge is 0.245 e. The molecular formula is C22H25FN2O3S2. The van der Waals surface area contributed by atoms with Crippen LogP contribution in [0.15, 0.2) is 58.3 Å². The third kappa shape index (κ3) is 4.13. The fourth-order valence-corrected chi connectivity index (χ4v) is 6.72. The zero-order valence-electron chi connectivity index (χ0n) is 16.8. The Morgan fingerprint density at radius 3 is 2.40 bits per heavy atom. The van der Waals surface area contributed by atoms with Gasteiger partial charge < -0.3 is 4.90 Å². The number of carbonyl (C=O) groups excluding carboxylic acids is 1. The molecule has 5 nitrogen and oxygen atoms in total. The second-order valence-corrected chi connectivity index (χ2v) is 11.2. The Morgan fingerprint density at radius 2 is 1.67 bits per heavy atom. The van der Waals surface area contributed by atoms with Crippen LogP contribution in [0.4, 0.5) is 10.1 Å². The van der Waals surface area contributed by atoms with Gasteiger partial charge in [-0.05, 0) is 43.5 Å². The number of amides is 1. The lowest BCUT2D eigenvalue weighted by Gasteiger charge is -2.33. The van der Waals surface area contributed by atoms with Gasteiger partial charge in [0.1, 0.15) is 10.7 Å². The molecule has 1 atom stereocenters. The van der Waals surface area contributed by atoms with Gasteiger partial charge in [-0.2, -0.15) is 4.31 Å². The van der Waals surface area contributed by atoms with Crippen LogP contribution in [0, 0.1) is 11.7 Å². The zero-order valence-corrected chi connectivity index (χ0v) is 18.5. The molecule has 0 aliphatic carbocycles. The molecule has 0 bridgehead atoms. The number of carbonyl (C=O) groups is 1. The van der Waals surface area contributed by atoms with Crippen LogP contribution >= 0.6 is 11.8 Å². The van der Waals surface area contributed by atoms with Crippen LogP contribution in [0.1, 0.15) is 26.2 Å². The molecule has 1 fully saturated rings. The summed E-state index contributed by atoms with van der Waals surface area (Å²) >= 11 is 1.79. The second-order valence-electron chi connectivity index (χ2n) is 7.78. The van der Waals surface area contributed by atoms with Crippen molar-refractivity contribution in [2.45, 2.75) is 41.2 Å². The summed E-state index contributed by atoms with van der Waals surface area (Å²) in [6.45, 7) is 3.26. The van der Waals surface area contributed by atoms with E-state index in [0.717, 1.165) is 23.1 Å². The SMILES string of the molecule is C[C@H]1CCN(C(=O)C2CCN(S(=O)(=O)c3ccccc3F)CC2)c2ccccc2S1. The van der Waals surface area contributed by atoms with Crippen molar-refractivity contribution in [3.05, 3.63) is 54.3 Å². The highest BCUT2D eigenvalue weighted by Crippen LogP contribution is 2.38. The van der Waals surface area contributed by atoms with Gasteiger partial charge in [-0.15, -0.1) is 11.8 Å². The number of rotatable bonds is 3. The first-order valence-electron chi connectivity index (χ1n) is 10.2. The van der Waals surface area contributed by atoms with E-state index in [1.54, 1.807) is 11.8 Å². The lowest BCUT2D eigenvalue weighted by Crippen LogP contribution is -2.45. The predicted molar refractivity (Wildman–Crippen MR) is 117 cm³/mol. The van der Waals surface area contributed by atoms with Gasteiger partial charge in [0.25, 0.3) is 0 Å². The number of sulfonamides is 1. The minimum Gasteiger partial charge on any atom is -0.311 e. The number of para-hydroxylation sites is 1. The molecule has 0 aromatic heterocycles. The van der Waals surface area contributed by atoms with E-state index < -0.39 is 15.8 Å². The maximum atomic E-state index is 14.0. The van der Waals surface area contributed by atoms with Gasteiger partial charge in [-0.25, -0.2) is 12.8 Å². The number of halogens is 1. The van der Waals surface area contributed by atoms with Crippen molar-refractivity contribution in [3.8, 4) is 0 Å². The Balaban J connectivity index is 1.48. The van der Waals surface area contributed by atoms with Crippen LogP contribution in [0.5, 0.6) is 0 Å². The van der Waals surface area contributed by atoms with Crippen LogP contribution in [-0.4, -0.2) is 43.5 Å². The summed E-state index contributed by atoms with van der Waals surface area (Å²) in [5.41, 5.74) is 0.943. The molecule has 2 aromatic rings. The van der Waals surface area contributed by atoms with Crippen LogP contribution in [0.25, 0.3) is 0 Å². The third-order valence-electron chi connectivity index (χ3n) is 5.77. The van der Waals surface area contributed by atoms with Crippen molar-refractivity contribution in [3.63, 3.8) is 0 Å². The summed E-state index contributed by atoms with van der Waals surface area (Å²) in [6, 6.07) is 13.4. The molecule has 8 heteroatoms.